The first-order chi connectivity index (χ1) is 9.41. The van der Waals surface area contributed by atoms with E-state index in [-0.39, 0.29) is 11.1 Å². The van der Waals surface area contributed by atoms with E-state index in [9.17, 15) is 13.2 Å². The van der Waals surface area contributed by atoms with Crippen molar-refractivity contribution in [3.8, 4) is 0 Å². The first-order valence-electron chi connectivity index (χ1n) is 6.22. The number of alkyl halides is 3. The fraction of sp³-hybridized carbons (Fsp3) is 0.818. The van der Waals surface area contributed by atoms with Gasteiger partial charge >= 0.3 is 6.18 Å². The number of hydrogen-bond acceptors (Lipinski definition) is 6. The highest BCUT2D eigenvalue weighted by atomic mass is 32.2. The fourth-order valence-corrected chi connectivity index (χ4v) is 4.87. The van der Waals surface area contributed by atoms with E-state index in [4.69, 9.17) is 9.63 Å². The Balaban J connectivity index is 2.04. The van der Waals surface area contributed by atoms with Crippen LogP contribution < -0.4 is 0 Å². The molecule has 1 aliphatic heterocycles. The molecule has 4 nitrogen and oxygen atoms in total. The van der Waals surface area contributed by atoms with Crippen LogP contribution in [0, 0.1) is 0 Å². The van der Waals surface area contributed by atoms with Crippen molar-refractivity contribution in [1.82, 2.24) is 10.1 Å². The van der Waals surface area contributed by atoms with E-state index in [1.807, 2.05) is 11.8 Å². The molecule has 3 atom stereocenters. The summed E-state index contributed by atoms with van der Waals surface area (Å²) in [5, 5.41) is 13.1. The Hall–Kier alpha value is -0.410. The lowest BCUT2D eigenvalue weighted by molar-refractivity contribution is -0.204. The number of aromatic nitrogens is 2. The zero-order valence-corrected chi connectivity index (χ0v) is 12.4. The molecule has 9 heteroatoms. The highest BCUT2D eigenvalue weighted by molar-refractivity contribution is 8.06. The molecule has 114 valence electrons. The number of thioether (sulfide) groups is 2. The van der Waals surface area contributed by atoms with Gasteiger partial charge < -0.3 is 9.63 Å². The summed E-state index contributed by atoms with van der Waals surface area (Å²) in [4.78, 5) is 4.01. The standard InChI is InChI=1S/C11H15F3N2O2S2/c1-2-6-9(20-4-3-19-6)10-15-8(18-16-10)5-7(17)11(12,13)14/h6-7,9,17H,2-5H2,1H3. The van der Waals surface area contributed by atoms with Crippen molar-refractivity contribution in [3.05, 3.63) is 11.7 Å². The molecule has 1 saturated heterocycles. The Bertz CT molecular complexity index is 442. The van der Waals surface area contributed by atoms with Crippen LogP contribution in [0.5, 0.6) is 0 Å². The van der Waals surface area contributed by atoms with Gasteiger partial charge in [0.05, 0.1) is 11.7 Å². The van der Waals surface area contributed by atoms with Crippen LogP contribution in [-0.2, 0) is 6.42 Å². The minimum atomic E-state index is -4.67. The van der Waals surface area contributed by atoms with Crippen molar-refractivity contribution in [2.45, 2.75) is 42.5 Å². The van der Waals surface area contributed by atoms with Gasteiger partial charge in [-0.2, -0.15) is 29.9 Å². The zero-order valence-electron chi connectivity index (χ0n) is 10.8. The minimum Gasteiger partial charge on any atom is -0.383 e. The fourth-order valence-electron chi connectivity index (χ4n) is 1.89. The first kappa shape index (κ1) is 16.0. The Kier molecular flexibility index (Phi) is 5.25. The molecular weight excluding hydrogens is 313 g/mol. The summed E-state index contributed by atoms with van der Waals surface area (Å²) >= 11 is 3.52. The first-order valence-corrected chi connectivity index (χ1v) is 8.32. The summed E-state index contributed by atoms with van der Waals surface area (Å²) in [5.41, 5.74) is 0. The van der Waals surface area contributed by atoms with Crippen LogP contribution in [0.15, 0.2) is 4.52 Å². The molecule has 1 aromatic heterocycles. The molecule has 0 amide bonds. The molecule has 0 saturated carbocycles. The molecule has 1 fully saturated rings. The summed E-state index contributed by atoms with van der Waals surface area (Å²) in [6.45, 7) is 2.06. The van der Waals surface area contributed by atoms with E-state index in [0.717, 1.165) is 17.9 Å². The number of aliphatic hydroxyl groups excluding tert-OH is 1. The lowest BCUT2D eigenvalue weighted by Crippen LogP contribution is -2.30. The predicted octanol–water partition coefficient (Wildman–Crippen LogP) is 2.84. The normalized spacial score (nSPS) is 25.6. The Morgan fingerprint density at radius 1 is 1.40 bits per heavy atom. The molecule has 0 radical (unpaired) electrons. The number of halogens is 3. The van der Waals surface area contributed by atoms with Crippen LogP contribution in [0.4, 0.5) is 13.2 Å². The molecule has 0 bridgehead atoms. The molecule has 0 spiro atoms. The lowest BCUT2D eigenvalue weighted by Gasteiger charge is -2.27. The number of aliphatic hydroxyl groups is 1. The second-order valence-electron chi connectivity index (χ2n) is 4.42. The Morgan fingerprint density at radius 2 is 2.10 bits per heavy atom. The van der Waals surface area contributed by atoms with E-state index in [1.54, 1.807) is 11.8 Å². The second kappa shape index (κ2) is 6.57. The third kappa shape index (κ3) is 3.82. The highest BCUT2D eigenvalue weighted by Crippen LogP contribution is 2.42. The number of rotatable bonds is 4. The van der Waals surface area contributed by atoms with Gasteiger partial charge in [0.25, 0.3) is 0 Å². The van der Waals surface area contributed by atoms with Crippen molar-refractivity contribution < 1.29 is 22.8 Å². The summed E-state index contributed by atoms with van der Waals surface area (Å²) in [6, 6.07) is 0. The molecule has 2 heterocycles. The van der Waals surface area contributed by atoms with Crippen LogP contribution in [0.2, 0.25) is 0 Å². The van der Waals surface area contributed by atoms with Crippen LogP contribution >= 0.6 is 23.5 Å². The average Bonchev–Trinajstić information content (AvgIpc) is 2.86. The van der Waals surface area contributed by atoms with E-state index in [0.29, 0.717) is 11.1 Å². The Morgan fingerprint density at radius 3 is 2.75 bits per heavy atom. The van der Waals surface area contributed by atoms with E-state index < -0.39 is 18.7 Å². The van der Waals surface area contributed by atoms with Crippen molar-refractivity contribution in [2.75, 3.05) is 11.5 Å². The molecule has 3 unspecified atom stereocenters. The van der Waals surface area contributed by atoms with Crippen LogP contribution in [0.3, 0.4) is 0 Å². The lowest BCUT2D eigenvalue weighted by atomic mass is 10.2. The zero-order chi connectivity index (χ0) is 14.8. The second-order valence-corrected chi connectivity index (χ2v) is 7.01. The molecule has 1 aliphatic rings. The third-order valence-corrected chi connectivity index (χ3v) is 6.18. The monoisotopic (exact) mass is 328 g/mol. The van der Waals surface area contributed by atoms with Crippen LogP contribution in [0.1, 0.15) is 30.3 Å². The van der Waals surface area contributed by atoms with Crippen LogP contribution in [0.25, 0.3) is 0 Å². The maximum atomic E-state index is 12.3. The van der Waals surface area contributed by atoms with Gasteiger partial charge in [-0.3, -0.25) is 0 Å². The number of hydrogen-bond donors (Lipinski definition) is 1. The largest absolute Gasteiger partial charge is 0.414 e. The molecule has 0 aromatic carbocycles. The average molecular weight is 328 g/mol. The quantitative estimate of drug-likeness (QED) is 0.917. The van der Waals surface area contributed by atoms with Gasteiger partial charge in [0.15, 0.2) is 11.9 Å². The molecule has 2 rings (SSSR count). The van der Waals surface area contributed by atoms with E-state index in [1.165, 1.54) is 0 Å². The Labute approximate surface area is 122 Å². The molecule has 0 aliphatic carbocycles. The van der Waals surface area contributed by atoms with Gasteiger partial charge in [0.2, 0.25) is 5.89 Å². The van der Waals surface area contributed by atoms with Gasteiger partial charge in [0, 0.05) is 16.8 Å². The van der Waals surface area contributed by atoms with Crippen molar-refractivity contribution in [2.24, 2.45) is 0 Å². The summed E-state index contributed by atoms with van der Waals surface area (Å²) in [7, 11) is 0. The minimum absolute atomic E-state index is 0.0410. The van der Waals surface area contributed by atoms with Gasteiger partial charge in [-0.1, -0.05) is 12.1 Å². The maximum absolute atomic E-state index is 12.3. The van der Waals surface area contributed by atoms with Crippen molar-refractivity contribution in [3.63, 3.8) is 0 Å². The van der Waals surface area contributed by atoms with Gasteiger partial charge in [0.1, 0.15) is 0 Å². The topological polar surface area (TPSA) is 59.2 Å². The van der Waals surface area contributed by atoms with Crippen molar-refractivity contribution in [1.29, 1.82) is 0 Å². The maximum Gasteiger partial charge on any atom is 0.414 e. The molecular formula is C11H15F3N2O2S2. The third-order valence-electron chi connectivity index (χ3n) is 2.94. The highest BCUT2D eigenvalue weighted by Gasteiger charge is 2.39. The smallest absolute Gasteiger partial charge is 0.383 e. The SMILES string of the molecule is CCC1SCCSC1c1noc(CC(O)C(F)(F)F)n1. The van der Waals surface area contributed by atoms with Gasteiger partial charge in [-0.05, 0) is 6.42 Å². The van der Waals surface area contributed by atoms with Gasteiger partial charge in [-0.25, -0.2) is 0 Å². The van der Waals surface area contributed by atoms with Crippen molar-refractivity contribution >= 4 is 23.5 Å². The van der Waals surface area contributed by atoms with E-state index >= 15 is 0 Å². The predicted molar refractivity (Wildman–Crippen MR) is 71.8 cm³/mol. The number of nitrogens with zero attached hydrogens (tertiary/aromatic N) is 2. The molecule has 1 N–H and O–H groups in total. The van der Waals surface area contributed by atoms with Gasteiger partial charge in [-0.15, -0.1) is 11.8 Å². The van der Waals surface area contributed by atoms with E-state index in [2.05, 4.69) is 17.1 Å². The van der Waals surface area contributed by atoms with Crippen LogP contribution in [-0.4, -0.2) is 44.3 Å². The molecule has 20 heavy (non-hydrogen) atoms. The molecule has 1 aromatic rings. The summed E-state index contributed by atoms with van der Waals surface area (Å²) in [5.74, 6) is 2.27. The summed E-state index contributed by atoms with van der Waals surface area (Å²) in [6.07, 6.45) is -6.89. The summed E-state index contributed by atoms with van der Waals surface area (Å²) < 4.78 is 41.6.